The lowest BCUT2D eigenvalue weighted by atomic mass is 9.76. The predicted molar refractivity (Wildman–Crippen MR) is 88.5 cm³/mol. The Kier molecular flexibility index (Phi) is 3.47. The van der Waals surface area contributed by atoms with Crippen molar-refractivity contribution in [2.45, 2.75) is 31.9 Å². The molecule has 3 nitrogen and oxygen atoms in total. The number of allylic oxidation sites excluding steroid dienone is 1. The number of para-hydroxylation sites is 1. The van der Waals surface area contributed by atoms with Crippen LogP contribution in [-0.2, 0) is 0 Å². The molecule has 0 aliphatic carbocycles. The van der Waals surface area contributed by atoms with E-state index in [4.69, 9.17) is 0 Å². The molecule has 1 unspecified atom stereocenters. The van der Waals surface area contributed by atoms with Crippen molar-refractivity contribution in [3.05, 3.63) is 53.7 Å². The first-order valence-electron chi connectivity index (χ1n) is 8.19. The quantitative estimate of drug-likeness (QED) is 0.863. The SMILES string of the molecule is C/C=C1\CN2CC[C@H]1C[C@@H]2[C@H](O)c1ccnc2ccccc12. The Hall–Kier alpha value is -1.71. The molecule has 22 heavy (non-hydrogen) atoms. The Bertz CT molecular complexity index is 719. The number of hydrogen-bond acceptors (Lipinski definition) is 3. The largest absolute Gasteiger partial charge is 0.387 e. The van der Waals surface area contributed by atoms with Gasteiger partial charge in [-0.1, -0.05) is 29.8 Å². The maximum atomic E-state index is 11.0. The van der Waals surface area contributed by atoms with E-state index < -0.39 is 6.10 Å². The average molecular weight is 294 g/mol. The molecule has 2 aromatic rings. The molecule has 0 saturated carbocycles. The van der Waals surface area contributed by atoms with Gasteiger partial charge in [0.1, 0.15) is 0 Å². The number of aliphatic hydroxyl groups excluding tert-OH is 1. The molecule has 1 aromatic carbocycles. The summed E-state index contributed by atoms with van der Waals surface area (Å²) in [6.07, 6.45) is 5.95. The van der Waals surface area contributed by atoms with E-state index in [1.807, 2.05) is 30.5 Å². The average Bonchev–Trinajstić information content (AvgIpc) is 2.60. The monoisotopic (exact) mass is 294 g/mol. The number of benzene rings is 1. The highest BCUT2D eigenvalue weighted by Gasteiger charge is 2.40. The van der Waals surface area contributed by atoms with Crippen molar-refractivity contribution in [3.8, 4) is 0 Å². The Morgan fingerprint density at radius 1 is 1.32 bits per heavy atom. The molecule has 3 aliphatic rings. The van der Waals surface area contributed by atoms with E-state index in [9.17, 15) is 5.11 Å². The van der Waals surface area contributed by atoms with Crippen LogP contribution in [0.5, 0.6) is 0 Å². The molecule has 3 heteroatoms. The first kappa shape index (κ1) is 13.9. The molecule has 3 saturated heterocycles. The van der Waals surface area contributed by atoms with Gasteiger partial charge in [0.25, 0.3) is 0 Å². The molecular formula is C19H22N2O. The lowest BCUT2D eigenvalue weighted by Gasteiger charge is -2.48. The highest BCUT2D eigenvalue weighted by molar-refractivity contribution is 5.82. The van der Waals surface area contributed by atoms with Gasteiger partial charge in [0.05, 0.1) is 11.6 Å². The Morgan fingerprint density at radius 3 is 2.95 bits per heavy atom. The van der Waals surface area contributed by atoms with Gasteiger partial charge in [0, 0.05) is 24.2 Å². The Labute approximate surface area is 131 Å². The van der Waals surface area contributed by atoms with Crippen LogP contribution in [0.2, 0.25) is 0 Å². The second-order valence-electron chi connectivity index (χ2n) is 6.48. The zero-order chi connectivity index (χ0) is 15.1. The van der Waals surface area contributed by atoms with E-state index in [-0.39, 0.29) is 6.04 Å². The van der Waals surface area contributed by atoms with Gasteiger partial charge in [-0.05, 0) is 49.9 Å². The molecule has 114 valence electrons. The summed E-state index contributed by atoms with van der Waals surface area (Å²) in [4.78, 5) is 6.86. The van der Waals surface area contributed by atoms with Crippen molar-refractivity contribution in [1.29, 1.82) is 0 Å². The van der Waals surface area contributed by atoms with E-state index in [2.05, 4.69) is 29.0 Å². The minimum Gasteiger partial charge on any atom is -0.387 e. The lowest BCUT2D eigenvalue weighted by molar-refractivity contribution is -0.00340. The highest BCUT2D eigenvalue weighted by Crippen LogP contribution is 2.41. The van der Waals surface area contributed by atoms with Crippen molar-refractivity contribution < 1.29 is 5.11 Å². The molecule has 2 bridgehead atoms. The number of piperidine rings is 3. The molecule has 4 atom stereocenters. The number of pyridine rings is 1. The van der Waals surface area contributed by atoms with Gasteiger partial charge in [0.2, 0.25) is 0 Å². The van der Waals surface area contributed by atoms with Crippen molar-refractivity contribution in [2.24, 2.45) is 5.92 Å². The third-order valence-corrected chi connectivity index (χ3v) is 5.41. The number of nitrogens with zero attached hydrogens (tertiary/aromatic N) is 2. The lowest BCUT2D eigenvalue weighted by Crippen LogP contribution is -2.52. The van der Waals surface area contributed by atoms with E-state index in [0.717, 1.165) is 36.0 Å². The van der Waals surface area contributed by atoms with Crippen LogP contribution in [0.3, 0.4) is 0 Å². The Balaban J connectivity index is 1.68. The van der Waals surface area contributed by atoms with E-state index in [1.165, 1.54) is 6.42 Å². The zero-order valence-electron chi connectivity index (χ0n) is 12.9. The minimum atomic E-state index is -0.436. The molecule has 0 radical (unpaired) electrons. The summed E-state index contributed by atoms with van der Waals surface area (Å²) in [5.74, 6) is 0.655. The maximum Gasteiger partial charge on any atom is 0.0952 e. The van der Waals surface area contributed by atoms with Crippen LogP contribution in [0.4, 0.5) is 0 Å². The van der Waals surface area contributed by atoms with Crippen LogP contribution < -0.4 is 0 Å². The fraction of sp³-hybridized carbons (Fsp3) is 0.421. The highest BCUT2D eigenvalue weighted by atomic mass is 16.3. The molecule has 1 N–H and O–H groups in total. The summed E-state index contributed by atoms with van der Waals surface area (Å²) in [5, 5.41) is 12.1. The summed E-state index contributed by atoms with van der Waals surface area (Å²) in [5.41, 5.74) is 3.53. The second-order valence-corrected chi connectivity index (χ2v) is 6.48. The number of fused-ring (bicyclic) bond motifs is 4. The first-order valence-corrected chi connectivity index (χ1v) is 8.19. The third kappa shape index (κ3) is 2.16. The van der Waals surface area contributed by atoms with E-state index in [1.54, 1.807) is 5.57 Å². The number of aliphatic hydroxyl groups is 1. The van der Waals surface area contributed by atoms with Gasteiger partial charge in [-0.2, -0.15) is 0 Å². The van der Waals surface area contributed by atoms with Crippen molar-refractivity contribution in [2.75, 3.05) is 13.1 Å². The fourth-order valence-corrected chi connectivity index (χ4v) is 4.18. The van der Waals surface area contributed by atoms with Crippen molar-refractivity contribution in [3.63, 3.8) is 0 Å². The Morgan fingerprint density at radius 2 is 2.18 bits per heavy atom. The van der Waals surface area contributed by atoms with Crippen molar-refractivity contribution >= 4 is 10.9 Å². The fourth-order valence-electron chi connectivity index (χ4n) is 4.18. The minimum absolute atomic E-state index is 0.230. The number of rotatable bonds is 2. The van der Waals surface area contributed by atoms with Gasteiger partial charge in [-0.15, -0.1) is 0 Å². The van der Waals surface area contributed by atoms with Gasteiger partial charge >= 0.3 is 0 Å². The van der Waals surface area contributed by atoms with Crippen LogP contribution in [0.1, 0.15) is 31.4 Å². The van der Waals surface area contributed by atoms with Crippen LogP contribution >= 0.6 is 0 Å². The van der Waals surface area contributed by atoms with Crippen LogP contribution in [0.15, 0.2) is 48.2 Å². The second kappa shape index (κ2) is 5.49. The summed E-state index contributed by atoms with van der Waals surface area (Å²) in [7, 11) is 0. The zero-order valence-corrected chi connectivity index (χ0v) is 12.9. The number of hydrogen-bond donors (Lipinski definition) is 1. The van der Waals surface area contributed by atoms with Gasteiger partial charge in [-0.3, -0.25) is 9.88 Å². The normalized spacial score (nSPS) is 30.8. The van der Waals surface area contributed by atoms with E-state index in [0.29, 0.717) is 5.92 Å². The summed E-state index contributed by atoms with van der Waals surface area (Å²) >= 11 is 0. The molecule has 3 fully saturated rings. The first-order chi connectivity index (χ1) is 10.8. The van der Waals surface area contributed by atoms with Gasteiger partial charge in [-0.25, -0.2) is 0 Å². The van der Waals surface area contributed by atoms with Gasteiger partial charge in [0.15, 0.2) is 0 Å². The van der Waals surface area contributed by atoms with Crippen molar-refractivity contribution in [1.82, 2.24) is 9.88 Å². The number of aromatic nitrogens is 1. The van der Waals surface area contributed by atoms with Crippen LogP contribution in [0, 0.1) is 5.92 Å². The summed E-state index contributed by atoms with van der Waals surface area (Å²) in [6.45, 7) is 4.26. The third-order valence-electron chi connectivity index (χ3n) is 5.41. The van der Waals surface area contributed by atoms with E-state index >= 15 is 0 Å². The molecule has 3 aliphatic heterocycles. The smallest absolute Gasteiger partial charge is 0.0952 e. The molecule has 1 aromatic heterocycles. The predicted octanol–water partition coefficient (Wildman–Crippen LogP) is 3.31. The molecule has 5 rings (SSSR count). The summed E-state index contributed by atoms with van der Waals surface area (Å²) < 4.78 is 0. The molecular weight excluding hydrogens is 272 g/mol. The summed E-state index contributed by atoms with van der Waals surface area (Å²) in [6, 6.07) is 10.3. The topological polar surface area (TPSA) is 36.4 Å². The molecule has 4 heterocycles. The molecule has 0 amide bonds. The molecule has 0 spiro atoms. The standard InChI is InChI=1S/C19H22N2O/c1-2-13-12-21-10-8-14(13)11-18(21)19(22)16-7-9-20-17-6-4-3-5-15(16)17/h2-7,9,14,18-19,22H,8,10-12H2,1H3/b13-2+/t14-,18+,19+/m0/s1. The van der Waals surface area contributed by atoms with Crippen LogP contribution in [0.25, 0.3) is 10.9 Å². The van der Waals surface area contributed by atoms with Crippen LogP contribution in [-0.4, -0.2) is 34.1 Å². The maximum absolute atomic E-state index is 11.0. The van der Waals surface area contributed by atoms with Gasteiger partial charge < -0.3 is 5.11 Å².